The van der Waals surface area contributed by atoms with Gasteiger partial charge in [0.05, 0.1) is 18.8 Å². The monoisotopic (exact) mass is 523 g/mol. The number of amides is 1. The number of allylic oxidation sites excluding steroid dienone is 1. The van der Waals surface area contributed by atoms with E-state index in [0.717, 1.165) is 25.7 Å². The smallest absolute Gasteiger partial charge is 0.220 e. The standard InChI is InChI=1S/C33H65NO3/c1-3-5-7-9-11-13-15-16-17-19-21-23-25-27-29-33(37)34-31(30-35)32(36)28-26-24-22-20-18-14-12-10-8-6-4-2/h26,28,31-32,35-36H,3-25,27,29-30H2,1-2H3,(H,34,37)/b28-26+/t31-,32+/m0/s1. The van der Waals surface area contributed by atoms with Crippen molar-refractivity contribution in [3.05, 3.63) is 12.2 Å². The van der Waals surface area contributed by atoms with Crippen LogP contribution in [0.5, 0.6) is 0 Å². The molecule has 0 saturated heterocycles. The van der Waals surface area contributed by atoms with Crippen LogP contribution in [0.15, 0.2) is 12.2 Å². The zero-order valence-electron chi connectivity index (χ0n) is 25.0. The van der Waals surface area contributed by atoms with Crippen molar-refractivity contribution in [3.8, 4) is 0 Å². The predicted octanol–water partition coefficient (Wildman–Crippen LogP) is 9.17. The molecule has 0 fully saturated rings. The second-order valence-corrected chi connectivity index (χ2v) is 11.2. The number of carbonyl (C=O) groups is 1. The third kappa shape index (κ3) is 26.5. The lowest BCUT2D eigenvalue weighted by Crippen LogP contribution is -2.45. The van der Waals surface area contributed by atoms with Crippen LogP contribution in [0.2, 0.25) is 0 Å². The summed E-state index contributed by atoms with van der Waals surface area (Å²) < 4.78 is 0. The lowest BCUT2D eigenvalue weighted by Gasteiger charge is -2.20. The van der Waals surface area contributed by atoms with E-state index >= 15 is 0 Å². The van der Waals surface area contributed by atoms with Gasteiger partial charge < -0.3 is 15.5 Å². The Labute approximate surface area is 231 Å². The van der Waals surface area contributed by atoms with Gasteiger partial charge in [-0.15, -0.1) is 0 Å². The number of hydrogen-bond donors (Lipinski definition) is 3. The Bertz CT molecular complexity index is 494. The number of aliphatic hydroxyl groups is 2. The van der Waals surface area contributed by atoms with Crippen LogP contribution in [0.1, 0.15) is 174 Å². The highest BCUT2D eigenvalue weighted by atomic mass is 16.3. The fraction of sp³-hybridized carbons (Fsp3) is 0.909. The second kappa shape index (κ2) is 29.7. The Morgan fingerprint density at radius 2 is 1.00 bits per heavy atom. The number of rotatable bonds is 29. The summed E-state index contributed by atoms with van der Waals surface area (Å²) in [6.07, 6.45) is 34.2. The summed E-state index contributed by atoms with van der Waals surface area (Å²) in [6, 6.07) is -0.612. The lowest BCUT2D eigenvalue weighted by molar-refractivity contribution is -0.123. The lowest BCUT2D eigenvalue weighted by atomic mass is 10.0. The van der Waals surface area contributed by atoms with Crippen molar-refractivity contribution in [1.29, 1.82) is 0 Å². The Morgan fingerprint density at radius 3 is 1.41 bits per heavy atom. The second-order valence-electron chi connectivity index (χ2n) is 11.2. The van der Waals surface area contributed by atoms with Crippen molar-refractivity contribution >= 4 is 5.91 Å². The number of hydrogen-bond acceptors (Lipinski definition) is 3. The molecule has 37 heavy (non-hydrogen) atoms. The highest BCUT2D eigenvalue weighted by Crippen LogP contribution is 2.14. The van der Waals surface area contributed by atoms with E-state index in [1.165, 1.54) is 128 Å². The van der Waals surface area contributed by atoms with E-state index in [1.54, 1.807) is 6.08 Å². The molecule has 3 N–H and O–H groups in total. The summed E-state index contributed by atoms with van der Waals surface area (Å²) in [5.74, 6) is -0.0654. The summed E-state index contributed by atoms with van der Waals surface area (Å²) in [5, 5.41) is 22.8. The van der Waals surface area contributed by atoms with E-state index in [-0.39, 0.29) is 12.5 Å². The molecule has 0 aliphatic rings. The van der Waals surface area contributed by atoms with Crippen LogP contribution >= 0.6 is 0 Å². The maximum Gasteiger partial charge on any atom is 0.220 e. The molecule has 0 radical (unpaired) electrons. The van der Waals surface area contributed by atoms with Crippen LogP contribution in [0.4, 0.5) is 0 Å². The van der Waals surface area contributed by atoms with Crippen molar-refractivity contribution in [2.24, 2.45) is 0 Å². The van der Waals surface area contributed by atoms with Gasteiger partial charge in [0, 0.05) is 6.42 Å². The van der Waals surface area contributed by atoms with Gasteiger partial charge >= 0.3 is 0 Å². The van der Waals surface area contributed by atoms with Gasteiger partial charge in [0.25, 0.3) is 0 Å². The van der Waals surface area contributed by atoms with E-state index < -0.39 is 12.1 Å². The van der Waals surface area contributed by atoms with Crippen molar-refractivity contribution in [2.45, 2.75) is 187 Å². The van der Waals surface area contributed by atoms with E-state index in [1.807, 2.05) is 6.08 Å². The molecule has 4 nitrogen and oxygen atoms in total. The molecule has 1 amide bonds. The van der Waals surface area contributed by atoms with Crippen molar-refractivity contribution < 1.29 is 15.0 Å². The average molecular weight is 524 g/mol. The molecule has 0 aromatic heterocycles. The minimum atomic E-state index is -0.830. The molecule has 0 aliphatic carbocycles. The molecule has 0 aliphatic heterocycles. The van der Waals surface area contributed by atoms with Crippen LogP contribution < -0.4 is 5.32 Å². The van der Waals surface area contributed by atoms with Gasteiger partial charge in [0.1, 0.15) is 0 Å². The molecule has 0 spiro atoms. The summed E-state index contributed by atoms with van der Waals surface area (Å²) in [7, 11) is 0. The number of nitrogens with one attached hydrogen (secondary N) is 1. The van der Waals surface area contributed by atoms with Gasteiger partial charge in [-0.25, -0.2) is 0 Å². The summed E-state index contributed by atoms with van der Waals surface area (Å²) in [4.78, 5) is 12.2. The van der Waals surface area contributed by atoms with Crippen LogP contribution in [0, 0.1) is 0 Å². The Hall–Kier alpha value is -0.870. The van der Waals surface area contributed by atoms with Gasteiger partial charge in [0.15, 0.2) is 0 Å². The molecule has 0 bridgehead atoms. The molecule has 0 aromatic carbocycles. The molecule has 220 valence electrons. The topological polar surface area (TPSA) is 69.6 Å². The van der Waals surface area contributed by atoms with E-state index in [2.05, 4.69) is 19.2 Å². The van der Waals surface area contributed by atoms with Gasteiger partial charge in [-0.3, -0.25) is 4.79 Å². The van der Waals surface area contributed by atoms with Gasteiger partial charge in [-0.1, -0.05) is 161 Å². The van der Waals surface area contributed by atoms with Gasteiger partial charge in [-0.2, -0.15) is 0 Å². The summed E-state index contributed by atoms with van der Waals surface area (Å²) >= 11 is 0. The van der Waals surface area contributed by atoms with Crippen LogP contribution in [-0.4, -0.2) is 34.9 Å². The van der Waals surface area contributed by atoms with Gasteiger partial charge in [-0.05, 0) is 19.3 Å². The first kappa shape index (κ1) is 36.1. The van der Waals surface area contributed by atoms with E-state index in [9.17, 15) is 15.0 Å². The number of aliphatic hydroxyl groups excluding tert-OH is 2. The molecule has 4 heteroatoms. The highest BCUT2D eigenvalue weighted by Gasteiger charge is 2.17. The van der Waals surface area contributed by atoms with Crippen molar-refractivity contribution in [2.75, 3.05) is 6.61 Å². The average Bonchev–Trinajstić information content (AvgIpc) is 2.90. The first-order chi connectivity index (χ1) is 18.2. The minimum absolute atomic E-state index is 0.0654. The van der Waals surface area contributed by atoms with Crippen LogP contribution in [-0.2, 0) is 4.79 Å². The number of unbranched alkanes of at least 4 members (excludes halogenated alkanes) is 22. The molecule has 0 rings (SSSR count). The predicted molar refractivity (Wildman–Crippen MR) is 161 cm³/mol. The molecule has 0 aromatic rings. The molecular formula is C33H65NO3. The van der Waals surface area contributed by atoms with E-state index in [4.69, 9.17) is 0 Å². The maximum atomic E-state index is 12.2. The van der Waals surface area contributed by atoms with Crippen molar-refractivity contribution in [1.82, 2.24) is 5.32 Å². The quantitative estimate of drug-likeness (QED) is 0.0676. The van der Waals surface area contributed by atoms with Crippen LogP contribution in [0.3, 0.4) is 0 Å². The summed E-state index contributed by atoms with van der Waals surface area (Å²) in [6.45, 7) is 4.28. The maximum absolute atomic E-state index is 12.2. The SMILES string of the molecule is CCCCCCCCCCC/C=C/[C@@H](O)[C@H](CO)NC(=O)CCCCCCCCCCCCCCCC. The largest absolute Gasteiger partial charge is 0.394 e. The molecular weight excluding hydrogens is 458 g/mol. The Morgan fingerprint density at radius 1 is 0.622 bits per heavy atom. The molecule has 0 heterocycles. The first-order valence-corrected chi connectivity index (χ1v) is 16.4. The van der Waals surface area contributed by atoms with Gasteiger partial charge in [0.2, 0.25) is 5.91 Å². The highest BCUT2D eigenvalue weighted by molar-refractivity contribution is 5.76. The fourth-order valence-corrected chi connectivity index (χ4v) is 4.94. The molecule has 0 unspecified atom stereocenters. The zero-order valence-corrected chi connectivity index (χ0v) is 25.0. The third-order valence-corrected chi connectivity index (χ3v) is 7.52. The first-order valence-electron chi connectivity index (χ1n) is 16.4. The van der Waals surface area contributed by atoms with E-state index in [0.29, 0.717) is 6.42 Å². The molecule has 2 atom stereocenters. The number of carbonyl (C=O) groups excluding carboxylic acids is 1. The third-order valence-electron chi connectivity index (χ3n) is 7.52. The normalized spacial score (nSPS) is 13.3. The van der Waals surface area contributed by atoms with Crippen LogP contribution in [0.25, 0.3) is 0 Å². The molecule has 0 saturated carbocycles. The Balaban J connectivity index is 3.63. The van der Waals surface area contributed by atoms with Crippen molar-refractivity contribution in [3.63, 3.8) is 0 Å². The fourth-order valence-electron chi connectivity index (χ4n) is 4.94. The Kier molecular flexibility index (Phi) is 29.0. The minimum Gasteiger partial charge on any atom is -0.394 e. The zero-order chi connectivity index (χ0) is 27.2. The summed E-state index contributed by atoms with van der Waals surface area (Å²) in [5.41, 5.74) is 0.